The summed E-state index contributed by atoms with van der Waals surface area (Å²) < 4.78 is 5.74. The van der Waals surface area contributed by atoms with Gasteiger partial charge in [0.1, 0.15) is 6.20 Å². The summed E-state index contributed by atoms with van der Waals surface area (Å²) >= 11 is 0. The van der Waals surface area contributed by atoms with Gasteiger partial charge in [-0.3, -0.25) is 10.1 Å². The molecule has 2 N–H and O–H groups in total. The summed E-state index contributed by atoms with van der Waals surface area (Å²) in [6, 6.07) is 0.0943. The van der Waals surface area contributed by atoms with Crippen molar-refractivity contribution in [3.05, 3.63) is 16.3 Å². The molecule has 0 saturated carbocycles. The molecule has 0 aliphatic carbocycles. The average Bonchev–Trinajstić information content (AvgIpc) is 3.01. The van der Waals surface area contributed by atoms with Crippen LogP contribution in [0.3, 0.4) is 0 Å². The second kappa shape index (κ2) is 5.20. The first-order valence-corrected chi connectivity index (χ1v) is 6.84. The topological polar surface area (TPSA) is 102 Å². The smallest absolute Gasteiger partial charge is 0.329 e. The minimum Gasteiger partial charge on any atom is -0.373 e. The van der Waals surface area contributed by atoms with Gasteiger partial charge in [0.05, 0.1) is 23.2 Å². The molecule has 0 amide bonds. The minimum absolute atomic E-state index is 0.0943. The van der Waals surface area contributed by atoms with E-state index >= 15 is 0 Å². The summed E-state index contributed by atoms with van der Waals surface area (Å²) in [5, 5.41) is 17.2. The molecule has 2 fully saturated rings. The van der Waals surface area contributed by atoms with E-state index in [1.165, 1.54) is 6.20 Å². The zero-order valence-corrected chi connectivity index (χ0v) is 11.2. The molecule has 8 nitrogen and oxygen atoms in total. The molecule has 2 aliphatic rings. The Kier molecular flexibility index (Phi) is 3.39. The molecular formula is C12H17N5O3. The normalized spacial score (nSPS) is 27.6. The van der Waals surface area contributed by atoms with Crippen molar-refractivity contribution in [1.29, 1.82) is 0 Å². The Balaban J connectivity index is 1.82. The van der Waals surface area contributed by atoms with Gasteiger partial charge in [-0.25, -0.2) is 4.98 Å². The van der Waals surface area contributed by atoms with Crippen molar-refractivity contribution >= 4 is 17.5 Å². The highest BCUT2D eigenvalue weighted by Gasteiger charge is 2.41. The van der Waals surface area contributed by atoms with E-state index in [0.29, 0.717) is 12.5 Å². The van der Waals surface area contributed by atoms with Crippen LogP contribution in [0.25, 0.3) is 0 Å². The molecule has 2 saturated heterocycles. The maximum atomic E-state index is 11.1. The standard InChI is InChI=1S/C12H17N5O3/c1-2-13-12-14-6-9(17(18)19)11(16-12)15-8-5-7-3-4-10(8)20-7/h6-8,10H,2-5H2,1H3,(H2,13,14,15,16). The summed E-state index contributed by atoms with van der Waals surface area (Å²) in [5.74, 6) is 0.659. The monoisotopic (exact) mass is 279 g/mol. The third-order valence-corrected chi connectivity index (χ3v) is 3.73. The molecule has 2 bridgehead atoms. The number of hydrogen-bond donors (Lipinski definition) is 2. The zero-order valence-electron chi connectivity index (χ0n) is 11.2. The molecule has 0 aromatic carbocycles. The molecule has 3 heterocycles. The molecular weight excluding hydrogens is 262 g/mol. The fraction of sp³-hybridized carbons (Fsp3) is 0.667. The molecule has 1 aromatic heterocycles. The van der Waals surface area contributed by atoms with Crippen LogP contribution in [-0.2, 0) is 4.74 Å². The maximum Gasteiger partial charge on any atom is 0.329 e. The van der Waals surface area contributed by atoms with Crippen LogP contribution in [0.15, 0.2) is 6.20 Å². The fourth-order valence-corrected chi connectivity index (χ4v) is 2.82. The lowest BCUT2D eigenvalue weighted by Gasteiger charge is -2.20. The Morgan fingerprint density at radius 3 is 3.00 bits per heavy atom. The molecule has 3 atom stereocenters. The van der Waals surface area contributed by atoms with Gasteiger partial charge in [-0.05, 0) is 26.2 Å². The van der Waals surface area contributed by atoms with Crippen LogP contribution in [-0.4, -0.2) is 39.7 Å². The summed E-state index contributed by atoms with van der Waals surface area (Å²) in [6.07, 6.45) is 4.62. The van der Waals surface area contributed by atoms with Crippen molar-refractivity contribution in [2.45, 2.75) is 44.4 Å². The molecule has 8 heteroatoms. The molecule has 3 rings (SSSR count). The minimum atomic E-state index is -0.466. The van der Waals surface area contributed by atoms with Gasteiger partial charge in [0, 0.05) is 6.54 Å². The van der Waals surface area contributed by atoms with Crippen molar-refractivity contribution < 1.29 is 9.66 Å². The van der Waals surface area contributed by atoms with E-state index in [4.69, 9.17) is 4.74 Å². The second-order valence-electron chi connectivity index (χ2n) is 5.08. The number of hydrogen-bond acceptors (Lipinski definition) is 7. The lowest BCUT2D eigenvalue weighted by Crippen LogP contribution is -2.31. The fourth-order valence-electron chi connectivity index (χ4n) is 2.82. The number of anilines is 2. The van der Waals surface area contributed by atoms with Crippen molar-refractivity contribution in [2.24, 2.45) is 0 Å². The van der Waals surface area contributed by atoms with Crippen LogP contribution in [0, 0.1) is 10.1 Å². The van der Waals surface area contributed by atoms with Gasteiger partial charge in [0.2, 0.25) is 11.8 Å². The Hall–Kier alpha value is -1.96. The van der Waals surface area contributed by atoms with Crippen LogP contribution < -0.4 is 10.6 Å². The number of nitrogens with zero attached hydrogens (tertiary/aromatic N) is 3. The van der Waals surface area contributed by atoms with E-state index in [0.717, 1.165) is 19.3 Å². The summed E-state index contributed by atoms with van der Waals surface area (Å²) in [6.45, 7) is 2.58. The molecule has 108 valence electrons. The summed E-state index contributed by atoms with van der Waals surface area (Å²) in [4.78, 5) is 18.7. The van der Waals surface area contributed by atoms with Gasteiger partial charge < -0.3 is 15.4 Å². The van der Waals surface area contributed by atoms with E-state index in [-0.39, 0.29) is 29.8 Å². The lowest BCUT2D eigenvalue weighted by molar-refractivity contribution is -0.384. The van der Waals surface area contributed by atoms with E-state index in [1.54, 1.807) is 0 Å². The van der Waals surface area contributed by atoms with Crippen LogP contribution in [0.1, 0.15) is 26.2 Å². The Morgan fingerprint density at radius 1 is 1.55 bits per heavy atom. The van der Waals surface area contributed by atoms with Crippen molar-refractivity contribution in [3.8, 4) is 0 Å². The molecule has 1 aromatic rings. The first-order chi connectivity index (χ1) is 9.67. The molecule has 0 spiro atoms. The highest BCUT2D eigenvalue weighted by molar-refractivity contribution is 5.57. The maximum absolute atomic E-state index is 11.1. The largest absolute Gasteiger partial charge is 0.373 e. The van der Waals surface area contributed by atoms with Crippen molar-refractivity contribution in [1.82, 2.24) is 9.97 Å². The van der Waals surface area contributed by atoms with E-state index in [2.05, 4.69) is 20.6 Å². The third kappa shape index (κ3) is 2.38. The highest BCUT2D eigenvalue weighted by Crippen LogP contribution is 2.37. The van der Waals surface area contributed by atoms with Crippen LogP contribution in [0.5, 0.6) is 0 Å². The molecule has 0 radical (unpaired) electrons. The van der Waals surface area contributed by atoms with Gasteiger partial charge in [-0.2, -0.15) is 4.98 Å². The predicted octanol–water partition coefficient (Wildman–Crippen LogP) is 1.55. The van der Waals surface area contributed by atoms with E-state index in [1.807, 2.05) is 6.92 Å². The van der Waals surface area contributed by atoms with Crippen molar-refractivity contribution in [2.75, 3.05) is 17.2 Å². The molecule has 20 heavy (non-hydrogen) atoms. The number of aromatic nitrogens is 2. The van der Waals surface area contributed by atoms with Crippen molar-refractivity contribution in [3.63, 3.8) is 0 Å². The predicted molar refractivity (Wildman–Crippen MR) is 72.8 cm³/mol. The number of ether oxygens (including phenoxy) is 1. The van der Waals surface area contributed by atoms with Gasteiger partial charge in [0.15, 0.2) is 0 Å². The number of fused-ring (bicyclic) bond motifs is 2. The van der Waals surface area contributed by atoms with Crippen LogP contribution in [0.4, 0.5) is 17.5 Å². The van der Waals surface area contributed by atoms with Gasteiger partial charge >= 0.3 is 5.69 Å². The summed E-state index contributed by atoms with van der Waals surface area (Å²) in [5.41, 5.74) is -0.102. The van der Waals surface area contributed by atoms with Gasteiger partial charge in [-0.15, -0.1) is 0 Å². The lowest BCUT2D eigenvalue weighted by atomic mass is 9.95. The zero-order chi connectivity index (χ0) is 14.1. The van der Waals surface area contributed by atoms with Gasteiger partial charge in [0.25, 0.3) is 0 Å². The number of nitrogens with one attached hydrogen (secondary N) is 2. The summed E-state index contributed by atoms with van der Waals surface area (Å²) in [7, 11) is 0. The SMILES string of the molecule is CCNc1ncc([N+](=O)[O-])c(NC2CC3CCC2O3)n1. The Bertz CT molecular complexity index is 524. The average molecular weight is 279 g/mol. The quantitative estimate of drug-likeness (QED) is 0.622. The second-order valence-corrected chi connectivity index (χ2v) is 5.08. The van der Waals surface area contributed by atoms with E-state index < -0.39 is 4.92 Å². The van der Waals surface area contributed by atoms with Gasteiger partial charge in [-0.1, -0.05) is 0 Å². The van der Waals surface area contributed by atoms with E-state index in [9.17, 15) is 10.1 Å². The molecule has 2 aliphatic heterocycles. The Labute approximate surface area is 116 Å². The molecule has 3 unspecified atom stereocenters. The number of rotatable bonds is 5. The highest BCUT2D eigenvalue weighted by atomic mass is 16.6. The first kappa shape index (κ1) is 13.0. The first-order valence-electron chi connectivity index (χ1n) is 6.84. The van der Waals surface area contributed by atoms with Crippen LogP contribution >= 0.6 is 0 Å². The number of nitro groups is 1. The Morgan fingerprint density at radius 2 is 2.40 bits per heavy atom. The third-order valence-electron chi connectivity index (χ3n) is 3.73. The van der Waals surface area contributed by atoms with Crippen LogP contribution in [0.2, 0.25) is 0 Å².